The highest BCUT2D eigenvalue weighted by Gasteiger charge is 2.35. The Morgan fingerprint density at radius 1 is 1.37 bits per heavy atom. The van der Waals surface area contributed by atoms with Crippen LogP contribution in [0.5, 0.6) is 0 Å². The lowest BCUT2D eigenvalue weighted by Gasteiger charge is -2.26. The van der Waals surface area contributed by atoms with Crippen LogP contribution in [-0.2, 0) is 4.79 Å². The fourth-order valence-corrected chi connectivity index (χ4v) is 4.26. The van der Waals surface area contributed by atoms with E-state index in [9.17, 15) is 4.79 Å². The number of nitrogens with one attached hydrogen (secondary N) is 1. The molecule has 0 radical (unpaired) electrons. The zero-order chi connectivity index (χ0) is 19.6. The maximum absolute atomic E-state index is 11.7. The van der Waals surface area contributed by atoms with E-state index in [1.807, 2.05) is 4.90 Å². The minimum absolute atomic E-state index is 0.124. The largest absolute Gasteiger partial charge is 0.317 e. The molecule has 1 fully saturated rings. The number of amidine groups is 1. The van der Waals surface area contributed by atoms with E-state index in [0.29, 0.717) is 17.2 Å². The Morgan fingerprint density at radius 2 is 2.07 bits per heavy atom. The molecule has 1 atom stereocenters. The van der Waals surface area contributed by atoms with E-state index < -0.39 is 0 Å². The molecular weight excluding hydrogens is 358 g/mol. The smallest absolute Gasteiger partial charge is 0.153 e. The fourth-order valence-electron chi connectivity index (χ4n) is 4.12. The molecule has 1 aromatic carbocycles. The molecule has 0 saturated carbocycles. The monoisotopic (exact) mass is 383 g/mol. The molecule has 1 unspecified atom stereocenters. The van der Waals surface area contributed by atoms with Gasteiger partial charge in [-0.3, -0.25) is 14.7 Å². The normalized spacial score (nSPS) is 22.4. The van der Waals surface area contributed by atoms with Crippen LogP contribution in [0.1, 0.15) is 42.7 Å². The van der Waals surface area contributed by atoms with Crippen molar-refractivity contribution in [1.29, 1.82) is 0 Å². The van der Waals surface area contributed by atoms with Crippen molar-refractivity contribution in [3.05, 3.63) is 64.9 Å². The Morgan fingerprint density at radius 3 is 2.63 bits per heavy atom. The van der Waals surface area contributed by atoms with Crippen molar-refractivity contribution < 1.29 is 4.79 Å². The molecule has 0 bridgehead atoms. The third kappa shape index (κ3) is 3.52. The topological polar surface area (TPSA) is 44.7 Å². The van der Waals surface area contributed by atoms with Gasteiger partial charge in [0.05, 0.1) is 17.0 Å². The molecule has 5 heteroatoms. The molecule has 0 aliphatic carbocycles. The second-order valence-corrected chi connectivity index (χ2v) is 7.46. The average Bonchev–Trinajstić information content (AvgIpc) is 2.97. The summed E-state index contributed by atoms with van der Waals surface area (Å²) < 4.78 is 0. The summed E-state index contributed by atoms with van der Waals surface area (Å²) in [5, 5.41) is 3.62. The summed E-state index contributed by atoms with van der Waals surface area (Å²) in [5.41, 5.74) is 4.52. The number of nitrogens with zero attached hydrogens (tertiary/aromatic N) is 2. The highest BCUT2D eigenvalue weighted by Crippen LogP contribution is 2.43. The maximum Gasteiger partial charge on any atom is 0.153 e. The lowest BCUT2D eigenvalue weighted by Crippen LogP contribution is -2.29. The first-order valence-electron chi connectivity index (χ1n) is 9.31. The minimum atomic E-state index is 0.124. The van der Waals surface area contributed by atoms with Crippen molar-refractivity contribution in [1.82, 2.24) is 5.32 Å². The number of aldehydes is 1. The minimum Gasteiger partial charge on any atom is -0.317 e. The van der Waals surface area contributed by atoms with Crippen LogP contribution < -0.4 is 10.2 Å². The lowest BCUT2D eigenvalue weighted by molar-refractivity contribution is -0.104. The van der Waals surface area contributed by atoms with Crippen LogP contribution in [-0.4, -0.2) is 32.3 Å². The second kappa shape index (κ2) is 8.24. The predicted octanol–water partition coefficient (Wildman–Crippen LogP) is 4.50. The maximum atomic E-state index is 11.7. The van der Waals surface area contributed by atoms with Crippen LogP contribution in [0, 0.1) is 0 Å². The molecule has 4 nitrogen and oxygen atoms in total. The summed E-state index contributed by atoms with van der Waals surface area (Å²) >= 11 is 6.10. The van der Waals surface area contributed by atoms with Crippen molar-refractivity contribution in [2.24, 2.45) is 4.99 Å². The number of rotatable bonds is 5. The molecule has 1 N–H and O–H groups in total. The number of hydrogen-bond acceptors (Lipinski definition) is 3. The number of allylic oxidation sites excluding steroid dienone is 3. The summed E-state index contributed by atoms with van der Waals surface area (Å²) in [7, 11) is 1.77. The van der Waals surface area contributed by atoms with Crippen LogP contribution in [0.15, 0.2) is 58.7 Å². The molecule has 2 aliphatic heterocycles. The van der Waals surface area contributed by atoms with Gasteiger partial charge < -0.3 is 5.32 Å². The standard InChI is InChI=1S/C22H26ClN3O/c1-5-20(19(13-27)15(3)23)26-21-12-17(16-8-10-25-11-9-16)6-7-18(21)14(2)22(26)24-4/h5-7,12-14,16,25H,1,3,8-11H2,2,4H3/b20-19+,24-22?. The van der Waals surface area contributed by atoms with Gasteiger partial charge in [0.25, 0.3) is 0 Å². The molecule has 0 amide bonds. The number of hydrogen-bond donors (Lipinski definition) is 1. The third-order valence-electron chi connectivity index (χ3n) is 5.54. The quantitative estimate of drug-likeness (QED) is 0.462. The Bertz CT molecular complexity index is 834. The second-order valence-electron chi connectivity index (χ2n) is 7.01. The molecule has 27 heavy (non-hydrogen) atoms. The number of carbonyl (C=O) groups excluding carboxylic acids is 1. The van der Waals surface area contributed by atoms with Crippen molar-refractivity contribution in [2.45, 2.75) is 31.6 Å². The van der Waals surface area contributed by atoms with E-state index in [1.165, 1.54) is 11.1 Å². The molecule has 0 spiro atoms. The summed E-state index contributed by atoms with van der Waals surface area (Å²) in [6.45, 7) is 11.9. The van der Waals surface area contributed by atoms with Crippen LogP contribution in [0.3, 0.4) is 0 Å². The van der Waals surface area contributed by atoms with E-state index >= 15 is 0 Å². The summed E-state index contributed by atoms with van der Waals surface area (Å²) in [4.78, 5) is 18.2. The van der Waals surface area contributed by atoms with Crippen LogP contribution >= 0.6 is 11.6 Å². The van der Waals surface area contributed by atoms with Crippen molar-refractivity contribution in [3.8, 4) is 0 Å². The van der Waals surface area contributed by atoms with Crippen LogP contribution in [0.2, 0.25) is 0 Å². The van der Waals surface area contributed by atoms with Gasteiger partial charge in [0, 0.05) is 18.0 Å². The summed E-state index contributed by atoms with van der Waals surface area (Å²) in [6.07, 6.45) is 4.65. The van der Waals surface area contributed by atoms with Crippen LogP contribution in [0.4, 0.5) is 5.69 Å². The Kier molecular flexibility index (Phi) is 5.98. The zero-order valence-electron chi connectivity index (χ0n) is 16.0. The molecule has 3 rings (SSSR count). The Labute approximate surface area is 166 Å². The predicted molar refractivity (Wildman–Crippen MR) is 114 cm³/mol. The van der Waals surface area contributed by atoms with Crippen molar-refractivity contribution >= 4 is 29.4 Å². The molecule has 0 aromatic heterocycles. The van der Waals surface area contributed by atoms with E-state index in [2.05, 4.69) is 48.6 Å². The van der Waals surface area contributed by atoms with Gasteiger partial charge in [-0.15, -0.1) is 0 Å². The highest BCUT2D eigenvalue weighted by molar-refractivity contribution is 6.34. The average molecular weight is 384 g/mol. The first kappa shape index (κ1) is 19.6. The number of fused-ring (bicyclic) bond motifs is 1. The molecule has 1 aromatic rings. The highest BCUT2D eigenvalue weighted by atomic mass is 35.5. The van der Waals surface area contributed by atoms with Crippen molar-refractivity contribution in [2.75, 3.05) is 25.0 Å². The third-order valence-corrected chi connectivity index (χ3v) is 5.74. The van der Waals surface area contributed by atoms with Gasteiger partial charge in [-0.05, 0) is 55.1 Å². The number of carbonyl (C=O) groups is 1. The molecule has 2 aliphatic rings. The van der Waals surface area contributed by atoms with Crippen molar-refractivity contribution in [3.63, 3.8) is 0 Å². The van der Waals surface area contributed by atoms with Gasteiger partial charge in [-0.2, -0.15) is 0 Å². The number of aliphatic imine (C=N–C) groups is 1. The van der Waals surface area contributed by atoms with E-state index in [0.717, 1.165) is 43.7 Å². The molecule has 1 saturated heterocycles. The van der Waals surface area contributed by atoms with Gasteiger partial charge in [-0.25, -0.2) is 0 Å². The first-order chi connectivity index (χ1) is 13.0. The SMILES string of the molecule is C=C/C(=C(/C=O)C(=C)Cl)N1C(=NC)C(C)c2ccc(C3CCNCC3)cc21. The zero-order valence-corrected chi connectivity index (χ0v) is 16.7. The van der Waals surface area contributed by atoms with E-state index in [1.54, 1.807) is 13.1 Å². The number of benzene rings is 1. The van der Waals surface area contributed by atoms with E-state index in [-0.39, 0.29) is 11.0 Å². The van der Waals surface area contributed by atoms with Gasteiger partial charge >= 0.3 is 0 Å². The van der Waals surface area contributed by atoms with Gasteiger partial charge in [0.1, 0.15) is 5.84 Å². The molecule has 2 heterocycles. The van der Waals surface area contributed by atoms with Gasteiger partial charge in [-0.1, -0.05) is 43.8 Å². The van der Waals surface area contributed by atoms with Gasteiger partial charge in [0.15, 0.2) is 6.29 Å². The van der Waals surface area contributed by atoms with Gasteiger partial charge in [0.2, 0.25) is 0 Å². The van der Waals surface area contributed by atoms with Crippen LogP contribution in [0.25, 0.3) is 0 Å². The Balaban J connectivity index is 2.16. The number of piperidine rings is 1. The molecule has 142 valence electrons. The molecular formula is C22H26ClN3O. The summed E-state index contributed by atoms with van der Waals surface area (Å²) in [6, 6.07) is 6.67. The summed E-state index contributed by atoms with van der Waals surface area (Å²) in [5.74, 6) is 1.54. The number of anilines is 1. The number of halogens is 1. The fraction of sp³-hybridized carbons (Fsp3) is 0.364. The van der Waals surface area contributed by atoms with E-state index in [4.69, 9.17) is 11.6 Å². The lowest BCUT2D eigenvalue weighted by atomic mass is 9.88. The first-order valence-corrected chi connectivity index (χ1v) is 9.69. The Hall–Kier alpha value is -2.17.